The highest BCUT2D eigenvalue weighted by molar-refractivity contribution is 5.88. The van der Waals surface area contributed by atoms with Crippen LogP contribution >= 0.6 is 0 Å². The quantitative estimate of drug-likeness (QED) is 0.742. The number of carbonyl (C=O) groups is 1. The fourth-order valence-electron chi connectivity index (χ4n) is 3.05. The summed E-state index contributed by atoms with van der Waals surface area (Å²) in [6.07, 6.45) is 8.13. The Morgan fingerprint density at radius 1 is 1.50 bits per heavy atom. The predicted octanol–water partition coefficient (Wildman–Crippen LogP) is 1.35. The zero-order valence-electron chi connectivity index (χ0n) is 11.5. The van der Waals surface area contributed by atoms with E-state index >= 15 is 0 Å². The fraction of sp³-hybridized carbons (Fsp3) is 0.786. The summed E-state index contributed by atoms with van der Waals surface area (Å²) < 4.78 is 5.48. The largest absolute Gasteiger partial charge is 0.381 e. The van der Waals surface area contributed by atoms with Gasteiger partial charge in [0, 0.05) is 30.2 Å². The van der Waals surface area contributed by atoms with Crippen LogP contribution in [0.1, 0.15) is 39.5 Å². The van der Waals surface area contributed by atoms with Gasteiger partial charge in [0.25, 0.3) is 0 Å². The Kier molecular flexibility index (Phi) is 3.52. The van der Waals surface area contributed by atoms with Gasteiger partial charge >= 0.3 is 0 Å². The van der Waals surface area contributed by atoms with E-state index in [-0.39, 0.29) is 17.4 Å². The third-order valence-corrected chi connectivity index (χ3v) is 4.33. The first kappa shape index (κ1) is 13.6. The molecule has 0 aromatic heterocycles. The minimum Gasteiger partial charge on any atom is -0.381 e. The third kappa shape index (κ3) is 2.45. The van der Waals surface area contributed by atoms with Crippen LogP contribution in [-0.2, 0) is 9.53 Å². The Labute approximate surface area is 109 Å². The van der Waals surface area contributed by atoms with Gasteiger partial charge in [0.15, 0.2) is 0 Å². The van der Waals surface area contributed by atoms with E-state index in [1.165, 1.54) is 19.3 Å². The number of amides is 1. The second-order valence-corrected chi connectivity index (χ2v) is 6.26. The summed E-state index contributed by atoms with van der Waals surface area (Å²) in [5.41, 5.74) is 5.58. The second kappa shape index (κ2) is 4.67. The van der Waals surface area contributed by atoms with E-state index in [9.17, 15) is 4.79 Å². The van der Waals surface area contributed by atoms with Crippen LogP contribution in [0, 0.1) is 5.41 Å². The zero-order chi connectivity index (χ0) is 13.4. The van der Waals surface area contributed by atoms with Crippen LogP contribution in [0.15, 0.2) is 12.2 Å². The first-order chi connectivity index (χ1) is 8.37. The molecular weight excluding hydrogens is 228 g/mol. The fourth-order valence-corrected chi connectivity index (χ4v) is 3.05. The molecule has 0 aliphatic heterocycles. The number of hydrogen-bond acceptors (Lipinski definition) is 3. The molecule has 2 saturated carbocycles. The molecule has 18 heavy (non-hydrogen) atoms. The molecular formula is C14H24N2O2. The molecule has 2 atom stereocenters. The SMILES string of the molecule is COC1CC(NC(=O)/C=C/C(C)(C)N)C12CCC2. The van der Waals surface area contributed by atoms with E-state index in [1.807, 2.05) is 13.8 Å². The minimum atomic E-state index is -0.444. The average Bonchev–Trinajstić information content (AvgIpc) is 2.17. The van der Waals surface area contributed by atoms with Crippen LogP contribution in [0.25, 0.3) is 0 Å². The highest BCUT2D eigenvalue weighted by Crippen LogP contribution is 2.57. The summed E-state index contributed by atoms with van der Waals surface area (Å²) >= 11 is 0. The summed E-state index contributed by atoms with van der Waals surface area (Å²) in [5.74, 6) is -0.0423. The van der Waals surface area contributed by atoms with Gasteiger partial charge < -0.3 is 15.8 Å². The lowest BCUT2D eigenvalue weighted by Gasteiger charge is -2.60. The number of methoxy groups -OCH3 is 1. The van der Waals surface area contributed by atoms with Gasteiger partial charge in [-0.1, -0.05) is 12.5 Å². The van der Waals surface area contributed by atoms with Crippen LogP contribution in [-0.4, -0.2) is 30.7 Å². The Morgan fingerprint density at radius 3 is 2.61 bits per heavy atom. The van der Waals surface area contributed by atoms with Gasteiger partial charge in [-0.25, -0.2) is 0 Å². The van der Waals surface area contributed by atoms with Crippen LogP contribution in [0.2, 0.25) is 0 Å². The second-order valence-electron chi connectivity index (χ2n) is 6.26. The van der Waals surface area contributed by atoms with E-state index in [1.54, 1.807) is 19.3 Å². The molecule has 0 bridgehead atoms. The van der Waals surface area contributed by atoms with Crippen molar-refractivity contribution >= 4 is 5.91 Å². The maximum atomic E-state index is 11.8. The molecule has 2 unspecified atom stereocenters. The predicted molar refractivity (Wildman–Crippen MR) is 71.0 cm³/mol. The topological polar surface area (TPSA) is 64.3 Å². The maximum absolute atomic E-state index is 11.8. The van der Waals surface area contributed by atoms with Crippen molar-refractivity contribution in [2.24, 2.45) is 11.1 Å². The van der Waals surface area contributed by atoms with Gasteiger partial charge in [0.05, 0.1) is 6.10 Å². The van der Waals surface area contributed by atoms with Gasteiger partial charge in [0.1, 0.15) is 0 Å². The summed E-state index contributed by atoms with van der Waals surface area (Å²) in [5, 5.41) is 3.08. The summed E-state index contributed by atoms with van der Waals surface area (Å²) in [4.78, 5) is 11.8. The van der Waals surface area contributed by atoms with Crippen molar-refractivity contribution in [2.75, 3.05) is 7.11 Å². The minimum absolute atomic E-state index is 0.0423. The van der Waals surface area contributed by atoms with Gasteiger partial charge in [-0.2, -0.15) is 0 Å². The summed E-state index contributed by atoms with van der Waals surface area (Å²) in [6.45, 7) is 3.74. The van der Waals surface area contributed by atoms with Crippen LogP contribution in [0.3, 0.4) is 0 Å². The number of carbonyl (C=O) groups excluding carboxylic acids is 1. The summed E-state index contributed by atoms with van der Waals surface area (Å²) in [6, 6.07) is 0.272. The average molecular weight is 252 g/mol. The van der Waals surface area contributed by atoms with Crippen LogP contribution in [0.4, 0.5) is 0 Å². The zero-order valence-corrected chi connectivity index (χ0v) is 11.5. The lowest BCUT2D eigenvalue weighted by Crippen LogP contribution is -2.67. The van der Waals surface area contributed by atoms with Crippen molar-refractivity contribution in [3.05, 3.63) is 12.2 Å². The van der Waals surface area contributed by atoms with Crippen molar-refractivity contribution in [1.82, 2.24) is 5.32 Å². The molecule has 0 saturated heterocycles. The van der Waals surface area contributed by atoms with Gasteiger partial charge in [-0.15, -0.1) is 0 Å². The molecule has 4 heteroatoms. The molecule has 1 amide bonds. The lowest BCUT2D eigenvalue weighted by atomic mass is 9.51. The Hall–Kier alpha value is -0.870. The maximum Gasteiger partial charge on any atom is 0.243 e. The number of rotatable bonds is 4. The monoisotopic (exact) mass is 252 g/mol. The number of nitrogens with one attached hydrogen (secondary N) is 1. The van der Waals surface area contributed by atoms with E-state index in [2.05, 4.69) is 5.32 Å². The molecule has 2 fully saturated rings. The number of hydrogen-bond donors (Lipinski definition) is 2. The lowest BCUT2D eigenvalue weighted by molar-refractivity contribution is -0.165. The Balaban J connectivity index is 1.88. The highest BCUT2D eigenvalue weighted by Gasteiger charge is 2.58. The molecule has 1 spiro atoms. The van der Waals surface area contributed by atoms with Crippen LogP contribution < -0.4 is 11.1 Å². The van der Waals surface area contributed by atoms with Crippen molar-refractivity contribution in [3.63, 3.8) is 0 Å². The van der Waals surface area contributed by atoms with E-state index in [0.29, 0.717) is 6.10 Å². The highest BCUT2D eigenvalue weighted by atomic mass is 16.5. The van der Waals surface area contributed by atoms with E-state index in [4.69, 9.17) is 10.5 Å². The Morgan fingerprint density at radius 2 is 2.17 bits per heavy atom. The molecule has 0 aromatic carbocycles. The van der Waals surface area contributed by atoms with Crippen molar-refractivity contribution in [2.45, 2.75) is 57.2 Å². The molecule has 2 rings (SSSR count). The van der Waals surface area contributed by atoms with Crippen molar-refractivity contribution < 1.29 is 9.53 Å². The smallest absolute Gasteiger partial charge is 0.243 e. The molecule has 4 nitrogen and oxygen atoms in total. The molecule has 0 heterocycles. The molecule has 2 aliphatic rings. The van der Waals surface area contributed by atoms with Gasteiger partial charge in [-0.3, -0.25) is 4.79 Å². The van der Waals surface area contributed by atoms with Crippen LogP contribution in [0.5, 0.6) is 0 Å². The van der Waals surface area contributed by atoms with Crippen molar-refractivity contribution in [3.8, 4) is 0 Å². The van der Waals surface area contributed by atoms with Gasteiger partial charge in [0.2, 0.25) is 5.91 Å². The Bertz CT molecular complexity index is 353. The molecule has 3 N–H and O–H groups in total. The molecule has 102 valence electrons. The normalized spacial score (nSPS) is 30.0. The van der Waals surface area contributed by atoms with E-state index < -0.39 is 5.54 Å². The third-order valence-electron chi connectivity index (χ3n) is 4.33. The first-order valence-corrected chi connectivity index (χ1v) is 6.69. The van der Waals surface area contributed by atoms with Gasteiger partial charge in [-0.05, 0) is 33.1 Å². The number of ether oxygens (including phenoxy) is 1. The molecule has 0 radical (unpaired) electrons. The molecule has 2 aliphatic carbocycles. The number of nitrogens with two attached hydrogens (primary N) is 1. The summed E-state index contributed by atoms with van der Waals surface area (Å²) in [7, 11) is 1.76. The van der Waals surface area contributed by atoms with Crippen molar-refractivity contribution in [1.29, 1.82) is 0 Å². The standard InChI is InChI=1S/C14H24N2O2/c1-13(2,15)8-5-12(17)16-10-9-11(18-3)14(10)6-4-7-14/h5,8,10-11H,4,6-7,9,15H2,1-3H3,(H,16,17)/b8-5+. The molecule has 0 aromatic rings. The van der Waals surface area contributed by atoms with E-state index in [0.717, 1.165) is 6.42 Å². The first-order valence-electron chi connectivity index (χ1n) is 6.69.